The van der Waals surface area contributed by atoms with Gasteiger partial charge < -0.3 is 9.84 Å². The molecule has 88 valence electrons. The Bertz CT molecular complexity index is 321. The minimum atomic E-state index is 0.393. The third-order valence-electron chi connectivity index (χ3n) is 2.82. The van der Waals surface area contributed by atoms with Gasteiger partial charge in [0.1, 0.15) is 5.75 Å². The first-order valence-corrected chi connectivity index (χ1v) is 6.87. The molecule has 1 aromatic rings. The van der Waals surface area contributed by atoms with Crippen LogP contribution in [0.15, 0.2) is 29.2 Å². The molecule has 1 atom stereocenters. The Morgan fingerprint density at radius 3 is 3.00 bits per heavy atom. The average Bonchev–Trinajstić information content (AvgIpc) is 2.79. The highest BCUT2D eigenvalue weighted by atomic mass is 32.2. The minimum Gasteiger partial charge on any atom is -0.507 e. The molecule has 2 nitrogen and oxygen atoms in total. The highest BCUT2D eigenvalue weighted by Crippen LogP contribution is 2.29. The van der Waals surface area contributed by atoms with E-state index in [9.17, 15) is 5.11 Å². The van der Waals surface area contributed by atoms with E-state index in [2.05, 4.69) is 0 Å². The van der Waals surface area contributed by atoms with Gasteiger partial charge in [0.15, 0.2) is 0 Å². The smallest absolute Gasteiger partial charge is 0.129 e. The molecule has 0 radical (unpaired) electrons. The maximum Gasteiger partial charge on any atom is 0.129 e. The molecule has 1 fully saturated rings. The number of hydrogen-bond donors (Lipinski definition) is 1. The number of para-hydroxylation sites is 1. The molecule has 3 heteroatoms. The first-order valence-electron chi connectivity index (χ1n) is 5.88. The van der Waals surface area contributed by atoms with Gasteiger partial charge in [0.2, 0.25) is 0 Å². The third kappa shape index (κ3) is 3.42. The van der Waals surface area contributed by atoms with Gasteiger partial charge in [-0.3, -0.25) is 0 Å². The van der Waals surface area contributed by atoms with Gasteiger partial charge in [-0.05, 0) is 43.6 Å². The van der Waals surface area contributed by atoms with Crippen molar-refractivity contribution in [2.45, 2.75) is 36.7 Å². The van der Waals surface area contributed by atoms with E-state index in [0.29, 0.717) is 11.9 Å². The van der Waals surface area contributed by atoms with E-state index in [4.69, 9.17) is 4.74 Å². The molecule has 0 spiro atoms. The Hall–Kier alpha value is -0.670. The van der Waals surface area contributed by atoms with Crippen LogP contribution in [-0.4, -0.2) is 23.6 Å². The molecule has 1 heterocycles. The summed E-state index contributed by atoms with van der Waals surface area (Å²) < 4.78 is 5.57. The highest BCUT2D eigenvalue weighted by molar-refractivity contribution is 7.99. The molecule has 1 saturated heterocycles. The first kappa shape index (κ1) is 11.8. The van der Waals surface area contributed by atoms with Gasteiger partial charge in [0, 0.05) is 11.5 Å². The maximum atomic E-state index is 9.58. The summed E-state index contributed by atoms with van der Waals surface area (Å²) in [5.41, 5.74) is 0. The van der Waals surface area contributed by atoms with Crippen LogP contribution in [0.2, 0.25) is 0 Å². The molecule has 0 bridgehead atoms. The summed E-state index contributed by atoms with van der Waals surface area (Å²) >= 11 is 1.72. The summed E-state index contributed by atoms with van der Waals surface area (Å²) in [7, 11) is 0. The fourth-order valence-corrected chi connectivity index (χ4v) is 2.87. The van der Waals surface area contributed by atoms with E-state index in [0.717, 1.165) is 30.1 Å². The van der Waals surface area contributed by atoms with Crippen molar-refractivity contribution in [3.05, 3.63) is 24.3 Å². The van der Waals surface area contributed by atoms with Crippen LogP contribution in [0.4, 0.5) is 0 Å². The molecule has 1 unspecified atom stereocenters. The van der Waals surface area contributed by atoms with Crippen LogP contribution < -0.4 is 0 Å². The van der Waals surface area contributed by atoms with Crippen molar-refractivity contribution in [3.63, 3.8) is 0 Å². The second-order valence-corrected chi connectivity index (χ2v) is 5.23. The third-order valence-corrected chi connectivity index (χ3v) is 3.97. The van der Waals surface area contributed by atoms with Crippen molar-refractivity contribution in [1.29, 1.82) is 0 Å². The molecular formula is C13H18O2S. The van der Waals surface area contributed by atoms with Crippen LogP contribution in [0.1, 0.15) is 25.7 Å². The summed E-state index contributed by atoms with van der Waals surface area (Å²) in [5, 5.41) is 9.58. The summed E-state index contributed by atoms with van der Waals surface area (Å²) in [6.45, 7) is 0.942. The van der Waals surface area contributed by atoms with Crippen LogP contribution in [0.3, 0.4) is 0 Å². The lowest BCUT2D eigenvalue weighted by Gasteiger charge is -2.08. The highest BCUT2D eigenvalue weighted by Gasteiger charge is 2.14. The summed E-state index contributed by atoms with van der Waals surface area (Å²) in [4.78, 5) is 0.981. The maximum absolute atomic E-state index is 9.58. The molecular weight excluding hydrogens is 220 g/mol. The number of benzene rings is 1. The molecule has 0 aromatic heterocycles. The molecule has 0 saturated carbocycles. The SMILES string of the molecule is Oc1ccccc1SCCCC1CCCO1. The van der Waals surface area contributed by atoms with Crippen molar-refractivity contribution >= 4 is 11.8 Å². The molecule has 16 heavy (non-hydrogen) atoms. The van der Waals surface area contributed by atoms with Gasteiger partial charge in [-0.15, -0.1) is 11.8 Å². The zero-order valence-corrected chi connectivity index (χ0v) is 10.2. The Labute approximate surface area is 101 Å². The number of phenols is 1. The van der Waals surface area contributed by atoms with Crippen LogP contribution in [0, 0.1) is 0 Å². The van der Waals surface area contributed by atoms with Gasteiger partial charge >= 0.3 is 0 Å². The minimum absolute atomic E-state index is 0.393. The number of ether oxygens (including phenoxy) is 1. The summed E-state index contributed by atoms with van der Waals surface area (Å²) in [5.74, 6) is 1.45. The molecule has 2 rings (SSSR count). The van der Waals surface area contributed by atoms with E-state index in [1.807, 2.05) is 18.2 Å². The Kier molecular flexibility index (Phi) is 4.55. The molecule has 1 aliphatic heterocycles. The Balaban J connectivity index is 1.66. The second-order valence-electron chi connectivity index (χ2n) is 4.09. The van der Waals surface area contributed by atoms with Crippen molar-refractivity contribution in [2.24, 2.45) is 0 Å². The summed E-state index contributed by atoms with van der Waals surface area (Å²) in [6, 6.07) is 7.52. The number of rotatable bonds is 5. The van der Waals surface area contributed by atoms with Crippen LogP contribution in [0.25, 0.3) is 0 Å². The van der Waals surface area contributed by atoms with E-state index in [1.54, 1.807) is 17.8 Å². The zero-order chi connectivity index (χ0) is 11.2. The van der Waals surface area contributed by atoms with Gasteiger partial charge in [0.25, 0.3) is 0 Å². The predicted octanol–water partition coefficient (Wildman–Crippen LogP) is 3.44. The van der Waals surface area contributed by atoms with Crippen molar-refractivity contribution in [3.8, 4) is 5.75 Å². The summed E-state index contributed by atoms with van der Waals surface area (Å²) in [6.07, 6.45) is 5.24. The molecule has 1 aromatic carbocycles. The lowest BCUT2D eigenvalue weighted by Crippen LogP contribution is -2.04. The van der Waals surface area contributed by atoms with Gasteiger partial charge in [-0.2, -0.15) is 0 Å². The van der Waals surface area contributed by atoms with E-state index in [1.165, 1.54) is 12.8 Å². The lowest BCUT2D eigenvalue weighted by molar-refractivity contribution is 0.104. The second kappa shape index (κ2) is 6.16. The van der Waals surface area contributed by atoms with Crippen LogP contribution >= 0.6 is 11.8 Å². The molecule has 1 N–H and O–H groups in total. The van der Waals surface area contributed by atoms with Crippen LogP contribution in [-0.2, 0) is 4.74 Å². The molecule has 0 aliphatic carbocycles. The van der Waals surface area contributed by atoms with Gasteiger partial charge in [0.05, 0.1) is 6.10 Å². The van der Waals surface area contributed by atoms with Crippen molar-refractivity contribution < 1.29 is 9.84 Å². The van der Waals surface area contributed by atoms with E-state index < -0.39 is 0 Å². The normalized spacial score (nSPS) is 20.1. The zero-order valence-electron chi connectivity index (χ0n) is 9.39. The molecule has 0 amide bonds. The quantitative estimate of drug-likeness (QED) is 0.629. The fourth-order valence-electron chi connectivity index (χ4n) is 1.94. The monoisotopic (exact) mass is 238 g/mol. The topological polar surface area (TPSA) is 29.5 Å². The van der Waals surface area contributed by atoms with E-state index >= 15 is 0 Å². The lowest BCUT2D eigenvalue weighted by atomic mass is 10.1. The Morgan fingerprint density at radius 2 is 2.25 bits per heavy atom. The van der Waals surface area contributed by atoms with Crippen molar-refractivity contribution in [1.82, 2.24) is 0 Å². The van der Waals surface area contributed by atoms with Gasteiger partial charge in [-0.25, -0.2) is 0 Å². The van der Waals surface area contributed by atoms with Crippen LogP contribution in [0.5, 0.6) is 5.75 Å². The predicted molar refractivity (Wildman–Crippen MR) is 67.0 cm³/mol. The standard InChI is InChI=1S/C13H18O2S/c14-12-7-1-2-8-13(12)16-10-4-6-11-5-3-9-15-11/h1-2,7-8,11,14H,3-6,9-10H2. The number of aromatic hydroxyl groups is 1. The van der Waals surface area contributed by atoms with E-state index in [-0.39, 0.29) is 0 Å². The van der Waals surface area contributed by atoms with Gasteiger partial charge in [-0.1, -0.05) is 12.1 Å². The Morgan fingerprint density at radius 1 is 1.38 bits per heavy atom. The first-order chi connectivity index (χ1) is 7.86. The number of phenolic OH excluding ortho intramolecular Hbond substituents is 1. The van der Waals surface area contributed by atoms with Crippen molar-refractivity contribution in [2.75, 3.05) is 12.4 Å². The number of hydrogen-bond acceptors (Lipinski definition) is 3. The number of thioether (sulfide) groups is 1. The fraction of sp³-hybridized carbons (Fsp3) is 0.538. The largest absolute Gasteiger partial charge is 0.507 e. The molecule has 1 aliphatic rings. The average molecular weight is 238 g/mol.